The van der Waals surface area contributed by atoms with Gasteiger partial charge in [-0.3, -0.25) is 55.7 Å². The summed E-state index contributed by atoms with van der Waals surface area (Å²) in [6.07, 6.45) is 6.95. The molecule has 0 fully saturated rings. The van der Waals surface area contributed by atoms with Crippen LogP contribution in [0.25, 0.3) is 0 Å². The second-order valence-corrected chi connectivity index (χ2v) is 36.0. The van der Waals surface area contributed by atoms with Gasteiger partial charge in [0.15, 0.2) is 11.4 Å². The second-order valence-electron chi connectivity index (χ2n) is 36.0. The van der Waals surface area contributed by atoms with Crippen LogP contribution in [-0.2, 0) is 124 Å². The fourth-order valence-corrected chi connectivity index (χ4v) is 18.0. The standard InChI is InChI=1S/C31H35N2.C29H31N2.4C12H12N4O4.Co.Ni/c1-6-32-26-19-13-11-17-24(26)30(3,4)28(32)21-29-31(5,22-23-15-9-8-10-16-23)25-18-12-14-20-27(25)33(29)7-2;1-28(2)22-15-9-11-17-24(22)30(4)26(28)19-27-29(3,20-21-13-7-6-8-14-21)23-16-10-12-18-25(23)31(27)5;4*1-15-10(18)9(11(19)16(2)12(15)20)14-13-7-5-3-4-6-8(7)17;;/h8-21H,6-7,22H2,1-5H3;6-19H,20H2,1-5H3;4*3-6,17-18H,1-2H3;;/q2*+1;;;;;;. The van der Waals surface area contributed by atoms with Crippen LogP contribution < -0.4 is 54.8 Å². The summed E-state index contributed by atoms with van der Waals surface area (Å²) in [6, 6.07) is 82.0. The Morgan fingerprint density at radius 3 is 0.904 bits per heavy atom. The van der Waals surface area contributed by atoms with E-state index in [0.29, 0.717) is 0 Å². The average Bonchev–Trinajstić information content (AvgIpc) is 1.56. The zero-order valence-electron chi connectivity index (χ0n) is 83.7. The smallest absolute Gasteiger partial charge is 0.333 e. The largest absolute Gasteiger partial charge is 0.506 e. The fourth-order valence-electron chi connectivity index (χ4n) is 18.0. The molecule has 4 aromatic heterocycles. The number of nitrogens with zero attached hydrogens (tertiary/aromatic N) is 20. The van der Waals surface area contributed by atoms with Crippen LogP contribution in [0.1, 0.15) is 88.8 Å². The third-order valence-corrected chi connectivity index (χ3v) is 26.2. The number of fused-ring (bicyclic) bond motifs is 4. The van der Waals surface area contributed by atoms with Gasteiger partial charge in [-0.1, -0.05) is 182 Å². The van der Waals surface area contributed by atoms with E-state index in [1.165, 1.54) is 184 Å². The molecule has 0 spiro atoms. The molecule has 36 nitrogen and oxygen atoms in total. The van der Waals surface area contributed by atoms with Crippen LogP contribution in [0.4, 0.5) is 68.2 Å². The third-order valence-electron chi connectivity index (χ3n) is 26.2. The summed E-state index contributed by atoms with van der Waals surface area (Å²) in [5, 5.41) is 106. The SMILES string of the molecule is CCN1C(=CC2=[N+](CC)c3ccccc3C2(C)C)C(C)(Cc2ccccc2)c2ccccc21.CN1C(=CC2=[N+](C)c3ccccc3C2(C)C)C(C)(Cc2ccccc2)c2ccccc21.Cn1c(O)c(N=Nc2ccccc2O)c(=O)n(C)c1=O.Cn1c(O)c(N=Nc2ccccc2O)c(=O)n(C)c1=O.Cn1c(O)c(N=Nc2ccccc2O)c(=O)n(C)c1=O.Cn1c(O)c(N=Nc2ccccc2O)c(=O)n(C)c1=O.[Co].[Ni]. The van der Waals surface area contributed by atoms with Gasteiger partial charge < -0.3 is 50.7 Å². The molecule has 2 atom stereocenters. The second kappa shape index (κ2) is 45.6. The van der Waals surface area contributed by atoms with E-state index in [9.17, 15) is 79.2 Å². The van der Waals surface area contributed by atoms with Crippen LogP contribution in [0, 0.1) is 0 Å². The molecule has 0 bridgehead atoms. The van der Waals surface area contributed by atoms with Crippen molar-refractivity contribution in [2.24, 2.45) is 97.3 Å². The predicted octanol–water partition coefficient (Wildman–Crippen LogP) is 16.9. The van der Waals surface area contributed by atoms with Crippen molar-refractivity contribution in [1.82, 2.24) is 36.5 Å². The van der Waals surface area contributed by atoms with E-state index in [0.717, 1.165) is 62.5 Å². The van der Waals surface area contributed by atoms with Crippen molar-refractivity contribution in [3.63, 3.8) is 0 Å². The van der Waals surface area contributed by atoms with E-state index in [2.05, 4.69) is 299 Å². The number of likely N-dealkylation sites (N-methyl/N-ethyl adjacent to an activating group) is 2. The number of rotatable bonds is 16. The first-order valence-electron chi connectivity index (χ1n) is 45.9. The van der Waals surface area contributed by atoms with Crippen molar-refractivity contribution in [1.29, 1.82) is 0 Å². The maximum absolute atomic E-state index is 11.8. The zero-order valence-corrected chi connectivity index (χ0v) is 85.7. The Kier molecular flexibility index (Phi) is 34.2. The van der Waals surface area contributed by atoms with Crippen LogP contribution in [0.5, 0.6) is 46.5 Å². The number of phenols is 4. The maximum Gasteiger partial charge on any atom is 0.333 e. The monoisotopic (exact) mass is 2060 g/mol. The number of anilines is 2. The van der Waals surface area contributed by atoms with E-state index in [1.54, 1.807) is 48.5 Å². The molecule has 4 aliphatic heterocycles. The van der Waals surface area contributed by atoms with Gasteiger partial charge in [-0.15, -0.1) is 40.9 Å². The number of aromatic nitrogens is 8. The van der Waals surface area contributed by atoms with Crippen LogP contribution in [-0.4, -0.2) is 125 Å². The van der Waals surface area contributed by atoms with Gasteiger partial charge in [0.1, 0.15) is 59.3 Å². The minimum atomic E-state index is -0.773. The first kappa shape index (κ1) is 110. The van der Waals surface area contributed by atoms with Crippen molar-refractivity contribution >= 4 is 79.7 Å². The Labute approximate surface area is 859 Å². The van der Waals surface area contributed by atoms with Gasteiger partial charge in [-0.05, 0) is 151 Å². The summed E-state index contributed by atoms with van der Waals surface area (Å²) in [7, 11) is 14.7. The predicted molar refractivity (Wildman–Crippen MR) is 554 cm³/mol. The summed E-state index contributed by atoms with van der Waals surface area (Å²) in [5.74, 6) is -2.80. The molecule has 0 aliphatic carbocycles. The molecule has 8 heterocycles. The van der Waals surface area contributed by atoms with Crippen LogP contribution in [0.15, 0.2) is 358 Å². The Balaban J connectivity index is 0.000000169. The third kappa shape index (κ3) is 21.7. The molecule has 18 rings (SSSR count). The van der Waals surface area contributed by atoms with E-state index in [4.69, 9.17) is 0 Å². The van der Waals surface area contributed by atoms with Crippen molar-refractivity contribution < 1.29 is 83.3 Å². The number of phenolic OH excluding ortho intramolecular Hbond substituents is 4. The van der Waals surface area contributed by atoms with Gasteiger partial charge in [0, 0.05) is 172 Å². The molecular weight excluding hydrogens is 1950 g/mol. The van der Waals surface area contributed by atoms with Gasteiger partial charge in [0.25, 0.3) is 22.2 Å². The van der Waals surface area contributed by atoms with E-state index in [-0.39, 0.29) is 123 Å². The molecule has 0 saturated carbocycles. The molecule has 14 aromatic rings. The topological polar surface area (TPSA) is 449 Å². The molecular formula is C108H114CoN20NiO16+2. The van der Waals surface area contributed by atoms with Crippen LogP contribution in [0.2, 0.25) is 0 Å². The number of benzene rings is 10. The number of hydrogen-bond acceptors (Lipinski definition) is 26. The molecule has 4 aliphatic rings. The minimum Gasteiger partial charge on any atom is -0.506 e. The van der Waals surface area contributed by atoms with Crippen molar-refractivity contribution in [3.05, 3.63) is 395 Å². The minimum absolute atomic E-state index is 0. The van der Waals surface area contributed by atoms with Crippen LogP contribution >= 0.6 is 0 Å². The summed E-state index contributed by atoms with van der Waals surface area (Å²) >= 11 is 0. The van der Waals surface area contributed by atoms with Crippen LogP contribution in [0.3, 0.4) is 0 Å². The number of azo groups is 4. The molecule has 0 amide bonds. The maximum atomic E-state index is 11.8. The quantitative estimate of drug-likeness (QED) is 0.0253. The zero-order chi connectivity index (χ0) is 104. The number of hydrogen-bond donors (Lipinski definition) is 8. The number of aromatic hydroxyl groups is 8. The molecule has 8 N–H and O–H groups in total. The summed E-state index contributed by atoms with van der Waals surface area (Å²) in [4.78, 5) is 98.5. The van der Waals surface area contributed by atoms with E-state index < -0.39 is 68.5 Å². The Morgan fingerprint density at radius 1 is 0.308 bits per heavy atom. The van der Waals surface area contributed by atoms with Crippen molar-refractivity contribution in [2.75, 3.05) is 37.0 Å². The normalized spacial score (nSPS) is 15.9. The average molecular weight is 2070 g/mol. The van der Waals surface area contributed by atoms with E-state index >= 15 is 0 Å². The first-order valence-corrected chi connectivity index (χ1v) is 45.9. The van der Waals surface area contributed by atoms with Crippen molar-refractivity contribution in [3.8, 4) is 46.5 Å². The molecule has 2 unspecified atom stereocenters. The van der Waals surface area contributed by atoms with Crippen molar-refractivity contribution in [2.45, 2.75) is 89.9 Å². The Bertz CT molecular complexity index is 7580. The van der Waals surface area contributed by atoms with Gasteiger partial charge >= 0.3 is 22.8 Å². The first-order chi connectivity index (χ1) is 68.5. The Hall–Kier alpha value is -16.9. The molecule has 38 heteroatoms. The summed E-state index contributed by atoms with van der Waals surface area (Å²) in [5.41, 5.74) is 12.2. The fraction of sp³-hybridized carbons (Fsp3) is 0.241. The van der Waals surface area contributed by atoms with Gasteiger partial charge in [-0.2, -0.15) is 9.15 Å². The van der Waals surface area contributed by atoms with Gasteiger partial charge in [-0.25, -0.2) is 19.2 Å². The molecule has 10 aromatic carbocycles. The number of allylic oxidation sites excluding steroid dienone is 4. The number of para-hydroxylation sites is 8. The molecule has 759 valence electrons. The Morgan fingerprint density at radius 2 is 0.575 bits per heavy atom. The summed E-state index contributed by atoms with van der Waals surface area (Å²) in [6.45, 7) is 20.7. The summed E-state index contributed by atoms with van der Waals surface area (Å²) < 4.78 is 11.6. The van der Waals surface area contributed by atoms with Gasteiger partial charge in [0.05, 0.1) is 10.8 Å². The van der Waals surface area contributed by atoms with E-state index in [1.807, 2.05) is 0 Å². The van der Waals surface area contributed by atoms with Gasteiger partial charge in [0.2, 0.25) is 57.6 Å². The molecule has 0 saturated heterocycles. The molecule has 1 radical (unpaired) electrons. The molecule has 146 heavy (non-hydrogen) atoms.